The van der Waals surface area contributed by atoms with Crippen molar-refractivity contribution < 1.29 is 19.8 Å². The summed E-state index contributed by atoms with van der Waals surface area (Å²) in [5.41, 5.74) is 4.56. The fourth-order valence-electron chi connectivity index (χ4n) is 2.66. The maximum Gasteiger partial charge on any atom is 0.335 e. The molecule has 0 amide bonds. The van der Waals surface area contributed by atoms with E-state index in [1.165, 1.54) is 0 Å². The molecule has 108 valence electrons. The van der Waals surface area contributed by atoms with E-state index in [0.717, 1.165) is 35.1 Å². The average molecular weight is 305 g/mol. The summed E-state index contributed by atoms with van der Waals surface area (Å²) in [6.07, 6.45) is 1.46. The largest absolute Gasteiger partial charge is 0.478 e. The minimum atomic E-state index is -0.931. The molecule has 0 saturated carbocycles. The van der Waals surface area contributed by atoms with Crippen molar-refractivity contribution in [1.82, 2.24) is 0 Å². The van der Waals surface area contributed by atoms with Gasteiger partial charge >= 0.3 is 11.9 Å². The lowest BCUT2D eigenvalue weighted by Gasteiger charge is -2.20. The molecular formula is C16H13ClO4. The summed E-state index contributed by atoms with van der Waals surface area (Å²) < 4.78 is 0. The van der Waals surface area contributed by atoms with Crippen molar-refractivity contribution in [1.29, 1.82) is 0 Å². The van der Waals surface area contributed by atoms with E-state index in [4.69, 9.17) is 10.2 Å². The van der Waals surface area contributed by atoms with Gasteiger partial charge in [0, 0.05) is 0 Å². The van der Waals surface area contributed by atoms with Crippen molar-refractivity contribution in [3.8, 4) is 11.1 Å². The maximum absolute atomic E-state index is 11.0. The molecule has 5 heteroatoms. The third-order valence-corrected chi connectivity index (χ3v) is 3.66. The van der Waals surface area contributed by atoms with Gasteiger partial charge in [-0.3, -0.25) is 0 Å². The van der Waals surface area contributed by atoms with E-state index in [-0.39, 0.29) is 23.5 Å². The van der Waals surface area contributed by atoms with Gasteiger partial charge < -0.3 is 10.2 Å². The van der Waals surface area contributed by atoms with Gasteiger partial charge in [-0.15, -0.1) is 12.4 Å². The highest BCUT2D eigenvalue weighted by Gasteiger charge is 2.18. The van der Waals surface area contributed by atoms with Gasteiger partial charge in [0.05, 0.1) is 11.1 Å². The molecule has 0 fully saturated rings. The molecule has 0 saturated heterocycles. The van der Waals surface area contributed by atoms with Crippen LogP contribution >= 0.6 is 12.4 Å². The van der Waals surface area contributed by atoms with E-state index in [2.05, 4.69) is 0 Å². The number of hydrogen-bond donors (Lipinski definition) is 2. The van der Waals surface area contributed by atoms with Crippen LogP contribution in [0.2, 0.25) is 0 Å². The molecule has 2 aromatic carbocycles. The van der Waals surface area contributed by atoms with Gasteiger partial charge in [0.1, 0.15) is 0 Å². The Kier molecular flexibility index (Phi) is 4.00. The lowest BCUT2D eigenvalue weighted by molar-refractivity contribution is 0.0686. The van der Waals surface area contributed by atoms with Gasteiger partial charge in [-0.1, -0.05) is 12.1 Å². The normalized spacial score (nSPS) is 11.8. The monoisotopic (exact) mass is 304 g/mol. The predicted molar refractivity (Wildman–Crippen MR) is 80.5 cm³/mol. The molecule has 2 aromatic rings. The Bertz CT molecular complexity index is 674. The second-order valence-electron chi connectivity index (χ2n) is 4.85. The van der Waals surface area contributed by atoms with Crippen molar-refractivity contribution >= 4 is 24.3 Å². The van der Waals surface area contributed by atoms with Crippen LogP contribution in [0.4, 0.5) is 0 Å². The number of hydrogen-bond acceptors (Lipinski definition) is 2. The van der Waals surface area contributed by atoms with Gasteiger partial charge in [-0.2, -0.15) is 0 Å². The molecule has 4 nitrogen and oxygen atoms in total. The Morgan fingerprint density at radius 3 is 1.48 bits per heavy atom. The lowest BCUT2D eigenvalue weighted by Crippen LogP contribution is -2.08. The Morgan fingerprint density at radius 2 is 1.14 bits per heavy atom. The first-order valence-electron chi connectivity index (χ1n) is 6.29. The van der Waals surface area contributed by atoms with Crippen LogP contribution in [-0.4, -0.2) is 22.2 Å². The molecule has 3 rings (SSSR count). The van der Waals surface area contributed by atoms with Gasteiger partial charge in [0.2, 0.25) is 0 Å². The molecule has 1 aliphatic rings. The predicted octanol–water partition coefficient (Wildman–Crippen LogP) is 3.27. The molecular weight excluding hydrogens is 292 g/mol. The highest BCUT2D eigenvalue weighted by atomic mass is 35.5. The van der Waals surface area contributed by atoms with Crippen molar-refractivity contribution in [3.05, 3.63) is 58.7 Å². The van der Waals surface area contributed by atoms with E-state index in [1.54, 1.807) is 36.4 Å². The van der Waals surface area contributed by atoms with Crippen molar-refractivity contribution in [2.24, 2.45) is 0 Å². The highest BCUT2D eigenvalue weighted by Crippen LogP contribution is 2.34. The Balaban J connectivity index is 0.00000161. The molecule has 1 aliphatic carbocycles. The number of benzene rings is 2. The van der Waals surface area contributed by atoms with E-state index in [1.807, 2.05) is 0 Å². The van der Waals surface area contributed by atoms with E-state index in [9.17, 15) is 9.59 Å². The standard InChI is InChI=1S/C16H12O4.ClH/c17-15(18)11-3-5-13-9(7-11)1-2-10-8-12(16(19)20)4-6-14(10)13;/h3-8H,1-2H2,(H,17,18)(H,19,20);1H. The zero-order valence-electron chi connectivity index (χ0n) is 11.0. The van der Waals surface area contributed by atoms with E-state index < -0.39 is 11.9 Å². The number of carboxylic acid groups (broad SMARTS) is 2. The zero-order valence-corrected chi connectivity index (χ0v) is 11.8. The number of aromatic carboxylic acids is 2. The first-order chi connectivity index (χ1) is 9.56. The molecule has 0 bridgehead atoms. The van der Waals surface area contributed by atoms with Gasteiger partial charge in [0.25, 0.3) is 0 Å². The van der Waals surface area contributed by atoms with Crippen LogP contribution in [0.3, 0.4) is 0 Å². The number of rotatable bonds is 2. The van der Waals surface area contributed by atoms with E-state index in [0.29, 0.717) is 0 Å². The Morgan fingerprint density at radius 1 is 0.762 bits per heavy atom. The molecule has 0 radical (unpaired) electrons. The van der Waals surface area contributed by atoms with Gasteiger partial charge in [-0.05, 0) is 59.4 Å². The van der Waals surface area contributed by atoms with Gasteiger partial charge in [-0.25, -0.2) is 9.59 Å². The molecule has 0 unspecified atom stereocenters. The molecule has 0 aliphatic heterocycles. The van der Waals surface area contributed by atoms with Crippen LogP contribution in [0.25, 0.3) is 11.1 Å². The smallest absolute Gasteiger partial charge is 0.335 e. The summed E-state index contributed by atoms with van der Waals surface area (Å²) in [6, 6.07) is 10.2. The number of halogens is 1. The Labute approximate surface area is 127 Å². The summed E-state index contributed by atoms with van der Waals surface area (Å²) in [6.45, 7) is 0. The minimum absolute atomic E-state index is 0. The molecule has 21 heavy (non-hydrogen) atoms. The second kappa shape index (κ2) is 5.58. The molecule has 0 atom stereocenters. The summed E-state index contributed by atoms with van der Waals surface area (Å²) >= 11 is 0. The average Bonchev–Trinajstić information content (AvgIpc) is 2.45. The van der Waals surface area contributed by atoms with Crippen LogP contribution in [0.15, 0.2) is 36.4 Å². The summed E-state index contributed by atoms with van der Waals surface area (Å²) in [4.78, 5) is 22.0. The third kappa shape index (κ3) is 2.62. The number of aryl methyl sites for hydroxylation is 2. The topological polar surface area (TPSA) is 74.6 Å². The Hall–Kier alpha value is -2.33. The van der Waals surface area contributed by atoms with Crippen LogP contribution in [0.5, 0.6) is 0 Å². The van der Waals surface area contributed by atoms with Crippen molar-refractivity contribution in [2.45, 2.75) is 12.8 Å². The van der Waals surface area contributed by atoms with Crippen molar-refractivity contribution in [2.75, 3.05) is 0 Å². The summed E-state index contributed by atoms with van der Waals surface area (Å²) in [5.74, 6) is -1.86. The van der Waals surface area contributed by atoms with Crippen LogP contribution < -0.4 is 0 Å². The maximum atomic E-state index is 11.0. The molecule has 0 aromatic heterocycles. The number of carbonyl (C=O) groups is 2. The molecule has 2 N–H and O–H groups in total. The molecule has 0 spiro atoms. The SMILES string of the molecule is Cl.O=C(O)c1ccc2c(c1)CCc1cc(C(=O)O)ccc1-2. The summed E-state index contributed by atoms with van der Waals surface area (Å²) in [5, 5.41) is 18.0. The van der Waals surface area contributed by atoms with Gasteiger partial charge in [0.15, 0.2) is 0 Å². The minimum Gasteiger partial charge on any atom is -0.478 e. The first kappa shape index (κ1) is 15.1. The quantitative estimate of drug-likeness (QED) is 0.893. The molecule has 0 heterocycles. The fourth-order valence-corrected chi connectivity index (χ4v) is 2.66. The summed E-state index contributed by atoms with van der Waals surface area (Å²) in [7, 11) is 0. The number of carboxylic acids is 2. The first-order valence-corrected chi connectivity index (χ1v) is 6.29. The van der Waals surface area contributed by atoms with E-state index >= 15 is 0 Å². The fraction of sp³-hybridized carbons (Fsp3) is 0.125. The number of fused-ring (bicyclic) bond motifs is 3. The lowest BCUT2D eigenvalue weighted by atomic mass is 9.84. The van der Waals surface area contributed by atoms with Crippen LogP contribution in [0.1, 0.15) is 31.8 Å². The zero-order chi connectivity index (χ0) is 14.3. The highest BCUT2D eigenvalue weighted by molar-refractivity contribution is 5.91. The van der Waals surface area contributed by atoms with Crippen LogP contribution in [-0.2, 0) is 12.8 Å². The third-order valence-electron chi connectivity index (χ3n) is 3.66. The second-order valence-corrected chi connectivity index (χ2v) is 4.85. The van der Waals surface area contributed by atoms with Crippen LogP contribution in [0, 0.1) is 0 Å². The van der Waals surface area contributed by atoms with Crippen molar-refractivity contribution in [3.63, 3.8) is 0 Å².